The molecule has 0 aliphatic carbocycles. The molecular weight excluding hydrogens is 286 g/mol. The number of imidazole rings is 2. The topological polar surface area (TPSA) is 56.4 Å². The quantitative estimate of drug-likeness (QED) is 0.677. The molecule has 0 spiro atoms. The molecule has 0 amide bonds. The Hall–Kier alpha value is -1.70. The molecular formula is C14H19N5OS. The normalized spacial score (nSPS) is 11.5. The number of rotatable bonds is 7. The van der Waals surface area contributed by atoms with Gasteiger partial charge in [-0.05, 0) is 0 Å². The van der Waals surface area contributed by atoms with Crippen LogP contribution in [0, 0.1) is 0 Å². The Kier molecular flexibility index (Phi) is 4.33. The van der Waals surface area contributed by atoms with Gasteiger partial charge >= 0.3 is 0 Å². The second kappa shape index (κ2) is 6.38. The summed E-state index contributed by atoms with van der Waals surface area (Å²) in [6, 6.07) is 0. The molecule has 6 nitrogen and oxygen atoms in total. The number of aromatic nitrogens is 4. The zero-order valence-corrected chi connectivity index (χ0v) is 13.1. The van der Waals surface area contributed by atoms with Gasteiger partial charge in [-0.1, -0.05) is 6.92 Å². The summed E-state index contributed by atoms with van der Waals surface area (Å²) >= 11 is 1.64. The number of fused-ring (bicyclic) bond motifs is 1. The van der Waals surface area contributed by atoms with Gasteiger partial charge < -0.3 is 10.1 Å². The van der Waals surface area contributed by atoms with Crippen molar-refractivity contribution in [2.24, 2.45) is 0 Å². The van der Waals surface area contributed by atoms with Crippen LogP contribution < -0.4 is 5.32 Å². The van der Waals surface area contributed by atoms with E-state index in [9.17, 15) is 0 Å². The molecule has 0 saturated heterocycles. The number of hydrogen-bond acceptors (Lipinski definition) is 5. The van der Waals surface area contributed by atoms with E-state index in [2.05, 4.69) is 37.8 Å². The van der Waals surface area contributed by atoms with Gasteiger partial charge in [-0.2, -0.15) is 0 Å². The van der Waals surface area contributed by atoms with Crippen LogP contribution in [0.25, 0.3) is 10.8 Å². The van der Waals surface area contributed by atoms with Crippen LogP contribution in [0.4, 0.5) is 0 Å². The molecule has 1 N–H and O–H groups in total. The molecule has 0 aromatic carbocycles. The van der Waals surface area contributed by atoms with Crippen LogP contribution >= 0.6 is 11.3 Å². The molecule has 3 rings (SSSR count). The van der Waals surface area contributed by atoms with Crippen LogP contribution in [0.5, 0.6) is 0 Å². The van der Waals surface area contributed by atoms with E-state index in [4.69, 9.17) is 9.72 Å². The predicted molar refractivity (Wildman–Crippen MR) is 83.2 cm³/mol. The minimum Gasteiger partial charge on any atom is -0.383 e. The number of aryl methyl sites for hydroxylation is 1. The minimum absolute atomic E-state index is 0.701. The van der Waals surface area contributed by atoms with Gasteiger partial charge in [0.1, 0.15) is 5.82 Å². The van der Waals surface area contributed by atoms with Crippen LogP contribution in [0.2, 0.25) is 0 Å². The average Bonchev–Trinajstić information content (AvgIpc) is 3.18. The Bertz CT molecular complexity index is 714. The molecule has 3 aromatic rings. The summed E-state index contributed by atoms with van der Waals surface area (Å²) in [5.41, 5.74) is 1.15. The largest absolute Gasteiger partial charge is 0.383 e. The molecule has 21 heavy (non-hydrogen) atoms. The Morgan fingerprint density at radius 2 is 2.29 bits per heavy atom. The maximum absolute atomic E-state index is 5.07. The van der Waals surface area contributed by atoms with Gasteiger partial charge in [0, 0.05) is 50.6 Å². The second-order valence-electron chi connectivity index (χ2n) is 4.67. The molecule has 0 radical (unpaired) electrons. The van der Waals surface area contributed by atoms with Crippen molar-refractivity contribution in [2.75, 3.05) is 20.3 Å². The standard InChI is InChI=1S/C14H19N5OS/c1-3-12-16-4-6-19(12)13-11(10-15-5-8-20-2)18-7-9-21-14(18)17-13/h4,6-7,9,15H,3,5,8,10H2,1-2H3. The van der Waals surface area contributed by atoms with E-state index < -0.39 is 0 Å². The van der Waals surface area contributed by atoms with Gasteiger partial charge in [0.15, 0.2) is 10.8 Å². The summed E-state index contributed by atoms with van der Waals surface area (Å²) in [5, 5.41) is 5.45. The highest BCUT2D eigenvalue weighted by molar-refractivity contribution is 7.15. The number of nitrogens with zero attached hydrogens (tertiary/aromatic N) is 4. The summed E-state index contributed by atoms with van der Waals surface area (Å²) in [4.78, 5) is 10.2. The smallest absolute Gasteiger partial charge is 0.195 e. The maximum Gasteiger partial charge on any atom is 0.195 e. The van der Waals surface area contributed by atoms with Crippen LogP contribution in [-0.4, -0.2) is 39.2 Å². The predicted octanol–water partition coefficient (Wildman–Crippen LogP) is 1.88. The van der Waals surface area contributed by atoms with Crippen molar-refractivity contribution < 1.29 is 4.74 Å². The lowest BCUT2D eigenvalue weighted by molar-refractivity contribution is 0.199. The fourth-order valence-electron chi connectivity index (χ4n) is 2.35. The minimum atomic E-state index is 0.701. The van der Waals surface area contributed by atoms with E-state index in [1.807, 2.05) is 12.4 Å². The number of ether oxygens (including phenoxy) is 1. The number of thiazole rings is 1. The van der Waals surface area contributed by atoms with Crippen molar-refractivity contribution in [1.29, 1.82) is 0 Å². The van der Waals surface area contributed by atoms with Gasteiger partial charge in [0.25, 0.3) is 0 Å². The molecule has 0 fully saturated rings. The molecule has 0 atom stereocenters. The van der Waals surface area contributed by atoms with E-state index in [1.54, 1.807) is 18.4 Å². The van der Waals surface area contributed by atoms with Crippen LogP contribution in [0.15, 0.2) is 24.0 Å². The first kappa shape index (κ1) is 14.2. The first-order valence-electron chi connectivity index (χ1n) is 7.01. The molecule has 112 valence electrons. The molecule has 0 aliphatic rings. The van der Waals surface area contributed by atoms with Gasteiger partial charge in [-0.3, -0.25) is 8.97 Å². The lowest BCUT2D eigenvalue weighted by atomic mass is 10.3. The van der Waals surface area contributed by atoms with Crippen molar-refractivity contribution in [3.8, 4) is 5.82 Å². The zero-order valence-electron chi connectivity index (χ0n) is 12.2. The van der Waals surface area contributed by atoms with E-state index in [0.717, 1.165) is 41.8 Å². The van der Waals surface area contributed by atoms with E-state index in [1.165, 1.54) is 0 Å². The highest BCUT2D eigenvalue weighted by Gasteiger charge is 2.16. The Morgan fingerprint density at radius 3 is 3.10 bits per heavy atom. The van der Waals surface area contributed by atoms with E-state index in [-0.39, 0.29) is 0 Å². The third-order valence-electron chi connectivity index (χ3n) is 3.38. The van der Waals surface area contributed by atoms with Crippen LogP contribution in [0.3, 0.4) is 0 Å². The lowest BCUT2D eigenvalue weighted by Gasteiger charge is -2.08. The van der Waals surface area contributed by atoms with E-state index in [0.29, 0.717) is 6.61 Å². The third kappa shape index (κ3) is 2.72. The van der Waals surface area contributed by atoms with Crippen molar-refractivity contribution >= 4 is 16.3 Å². The third-order valence-corrected chi connectivity index (χ3v) is 4.13. The van der Waals surface area contributed by atoms with Crippen molar-refractivity contribution in [3.63, 3.8) is 0 Å². The van der Waals surface area contributed by atoms with Crippen molar-refractivity contribution in [1.82, 2.24) is 24.3 Å². The van der Waals surface area contributed by atoms with Gasteiger partial charge in [-0.25, -0.2) is 9.97 Å². The number of methoxy groups -OCH3 is 1. The molecule has 0 aliphatic heterocycles. The van der Waals surface area contributed by atoms with Gasteiger partial charge in [0.2, 0.25) is 0 Å². The highest BCUT2D eigenvalue weighted by Crippen LogP contribution is 2.21. The molecule has 0 unspecified atom stereocenters. The van der Waals surface area contributed by atoms with Crippen molar-refractivity contribution in [3.05, 3.63) is 35.5 Å². The number of hydrogen-bond donors (Lipinski definition) is 1. The first-order chi connectivity index (χ1) is 10.3. The Balaban J connectivity index is 1.95. The fourth-order valence-corrected chi connectivity index (χ4v) is 3.08. The van der Waals surface area contributed by atoms with Gasteiger partial charge in [0.05, 0.1) is 12.3 Å². The fraction of sp³-hybridized carbons (Fsp3) is 0.429. The maximum atomic E-state index is 5.07. The lowest BCUT2D eigenvalue weighted by Crippen LogP contribution is -2.20. The van der Waals surface area contributed by atoms with E-state index >= 15 is 0 Å². The second-order valence-corrected chi connectivity index (χ2v) is 5.55. The molecule has 3 aromatic heterocycles. The Labute approximate surface area is 127 Å². The van der Waals surface area contributed by atoms with Gasteiger partial charge in [-0.15, -0.1) is 11.3 Å². The molecule has 7 heteroatoms. The molecule has 0 bridgehead atoms. The first-order valence-corrected chi connectivity index (χ1v) is 7.89. The molecule has 3 heterocycles. The highest BCUT2D eigenvalue weighted by atomic mass is 32.1. The summed E-state index contributed by atoms with van der Waals surface area (Å²) in [6.45, 7) is 4.37. The zero-order chi connectivity index (χ0) is 14.7. The van der Waals surface area contributed by atoms with Crippen LogP contribution in [-0.2, 0) is 17.7 Å². The summed E-state index contributed by atoms with van der Waals surface area (Å²) in [7, 11) is 1.71. The summed E-state index contributed by atoms with van der Waals surface area (Å²) in [6.07, 6.45) is 6.75. The Morgan fingerprint density at radius 1 is 1.38 bits per heavy atom. The summed E-state index contributed by atoms with van der Waals surface area (Å²) in [5.74, 6) is 1.99. The van der Waals surface area contributed by atoms with Crippen LogP contribution in [0.1, 0.15) is 18.4 Å². The average molecular weight is 305 g/mol. The van der Waals surface area contributed by atoms with Crippen molar-refractivity contribution in [2.45, 2.75) is 19.9 Å². The SMILES string of the molecule is CCc1nccn1-c1nc2sccn2c1CNCCOC. The number of nitrogens with one attached hydrogen (secondary N) is 1. The molecule has 0 saturated carbocycles. The summed E-state index contributed by atoms with van der Waals surface area (Å²) < 4.78 is 9.29. The monoisotopic (exact) mass is 305 g/mol.